The third-order valence-corrected chi connectivity index (χ3v) is 5.39. The molecule has 0 aliphatic heterocycles. The zero-order valence-corrected chi connectivity index (χ0v) is 15.2. The van der Waals surface area contributed by atoms with E-state index in [9.17, 15) is 13.2 Å². The normalized spacial score (nSPS) is 11.2. The zero-order valence-electron chi connectivity index (χ0n) is 14.4. The standard InChI is InChI=1S/C19H24N2O3S/c1-2-12-20-13-14-21-19(22)17-8-10-18(11-9-17)25(23,24)15-16-6-4-3-5-7-16/h3-11,20H,2,12-15H2,1H3,(H,21,22). The van der Waals surface area contributed by atoms with Crippen LogP contribution in [0.3, 0.4) is 0 Å². The molecule has 0 saturated heterocycles. The Bertz CT molecular complexity index is 772. The van der Waals surface area contributed by atoms with E-state index in [-0.39, 0.29) is 16.6 Å². The lowest BCUT2D eigenvalue weighted by atomic mass is 10.2. The van der Waals surface area contributed by atoms with Crippen molar-refractivity contribution in [2.75, 3.05) is 19.6 Å². The lowest BCUT2D eigenvalue weighted by molar-refractivity contribution is 0.0954. The molecule has 2 aromatic carbocycles. The third-order valence-electron chi connectivity index (χ3n) is 3.69. The van der Waals surface area contributed by atoms with Crippen LogP contribution in [0.4, 0.5) is 0 Å². The molecule has 0 unspecified atom stereocenters. The first-order valence-electron chi connectivity index (χ1n) is 8.38. The van der Waals surface area contributed by atoms with Gasteiger partial charge in [0.2, 0.25) is 0 Å². The van der Waals surface area contributed by atoms with Crippen molar-refractivity contribution < 1.29 is 13.2 Å². The molecular weight excluding hydrogens is 336 g/mol. The minimum Gasteiger partial charge on any atom is -0.351 e. The van der Waals surface area contributed by atoms with Gasteiger partial charge in [0.15, 0.2) is 9.84 Å². The predicted octanol–water partition coefficient (Wildman–Crippen LogP) is 2.39. The number of hydrogen-bond donors (Lipinski definition) is 2. The highest BCUT2D eigenvalue weighted by atomic mass is 32.2. The van der Waals surface area contributed by atoms with E-state index in [4.69, 9.17) is 0 Å². The second kappa shape index (κ2) is 9.34. The summed E-state index contributed by atoms with van der Waals surface area (Å²) in [5.41, 5.74) is 1.19. The van der Waals surface area contributed by atoms with E-state index < -0.39 is 9.84 Å². The second-order valence-electron chi connectivity index (χ2n) is 5.77. The summed E-state index contributed by atoms with van der Waals surface area (Å²) in [6.45, 7) is 4.25. The summed E-state index contributed by atoms with van der Waals surface area (Å²) in [4.78, 5) is 12.3. The molecular formula is C19H24N2O3S. The van der Waals surface area contributed by atoms with Crippen molar-refractivity contribution in [2.45, 2.75) is 24.0 Å². The molecule has 5 nitrogen and oxygen atoms in total. The van der Waals surface area contributed by atoms with Crippen molar-refractivity contribution in [3.8, 4) is 0 Å². The molecule has 2 rings (SSSR count). The van der Waals surface area contributed by atoms with Crippen molar-refractivity contribution in [3.05, 3.63) is 65.7 Å². The number of carbonyl (C=O) groups excluding carboxylic acids is 1. The molecule has 134 valence electrons. The van der Waals surface area contributed by atoms with Gasteiger partial charge < -0.3 is 10.6 Å². The maximum absolute atomic E-state index is 12.4. The maximum atomic E-state index is 12.4. The molecule has 0 aromatic heterocycles. The molecule has 0 spiro atoms. The first-order valence-corrected chi connectivity index (χ1v) is 10.0. The van der Waals surface area contributed by atoms with Crippen LogP contribution < -0.4 is 10.6 Å². The Kier molecular flexibility index (Phi) is 7.16. The minimum absolute atomic E-state index is 0.0531. The quantitative estimate of drug-likeness (QED) is 0.673. The Labute approximate surface area is 149 Å². The van der Waals surface area contributed by atoms with Gasteiger partial charge in [0.05, 0.1) is 10.6 Å². The van der Waals surface area contributed by atoms with Gasteiger partial charge in [-0.3, -0.25) is 4.79 Å². The Morgan fingerprint density at radius 3 is 2.24 bits per heavy atom. The Hall–Kier alpha value is -2.18. The van der Waals surface area contributed by atoms with Gasteiger partial charge >= 0.3 is 0 Å². The smallest absolute Gasteiger partial charge is 0.251 e. The molecule has 0 radical (unpaired) electrons. The van der Waals surface area contributed by atoms with Crippen LogP contribution in [0.25, 0.3) is 0 Å². The van der Waals surface area contributed by atoms with Gasteiger partial charge in [-0.1, -0.05) is 37.3 Å². The molecule has 0 aliphatic carbocycles. The summed E-state index contributed by atoms with van der Waals surface area (Å²) in [7, 11) is -3.42. The number of hydrogen-bond acceptors (Lipinski definition) is 4. The Morgan fingerprint density at radius 1 is 0.920 bits per heavy atom. The zero-order chi connectivity index (χ0) is 18.1. The molecule has 6 heteroatoms. The van der Waals surface area contributed by atoms with Gasteiger partial charge in [0.25, 0.3) is 5.91 Å². The molecule has 1 amide bonds. The largest absolute Gasteiger partial charge is 0.351 e. The number of carbonyl (C=O) groups is 1. The van der Waals surface area contributed by atoms with E-state index >= 15 is 0 Å². The number of nitrogens with one attached hydrogen (secondary N) is 2. The molecule has 25 heavy (non-hydrogen) atoms. The summed E-state index contributed by atoms with van der Waals surface area (Å²) < 4.78 is 24.9. The average Bonchev–Trinajstić information content (AvgIpc) is 2.62. The molecule has 0 atom stereocenters. The third kappa shape index (κ3) is 5.99. The van der Waals surface area contributed by atoms with Crippen molar-refractivity contribution in [1.82, 2.24) is 10.6 Å². The van der Waals surface area contributed by atoms with Crippen molar-refractivity contribution in [1.29, 1.82) is 0 Å². The monoisotopic (exact) mass is 360 g/mol. The van der Waals surface area contributed by atoms with E-state index in [1.807, 2.05) is 18.2 Å². The molecule has 0 saturated carbocycles. The number of amides is 1. The fraction of sp³-hybridized carbons (Fsp3) is 0.316. The highest BCUT2D eigenvalue weighted by molar-refractivity contribution is 7.90. The summed E-state index contributed by atoms with van der Waals surface area (Å²) in [6, 6.07) is 15.1. The molecule has 0 heterocycles. The van der Waals surface area contributed by atoms with Gasteiger partial charge in [-0.2, -0.15) is 0 Å². The van der Waals surface area contributed by atoms with Gasteiger partial charge in [-0.05, 0) is 42.8 Å². The van der Waals surface area contributed by atoms with Crippen LogP contribution >= 0.6 is 0 Å². The topological polar surface area (TPSA) is 75.3 Å². The number of benzene rings is 2. The molecule has 2 aromatic rings. The fourth-order valence-corrected chi connectivity index (χ4v) is 3.71. The molecule has 0 aliphatic rings. The highest BCUT2D eigenvalue weighted by Crippen LogP contribution is 2.17. The van der Waals surface area contributed by atoms with E-state index in [0.29, 0.717) is 18.7 Å². The number of rotatable bonds is 9. The maximum Gasteiger partial charge on any atom is 0.251 e. The lowest BCUT2D eigenvalue weighted by Gasteiger charge is -2.08. The summed E-state index contributed by atoms with van der Waals surface area (Å²) in [6.07, 6.45) is 1.05. The highest BCUT2D eigenvalue weighted by Gasteiger charge is 2.16. The SMILES string of the molecule is CCCNCCNC(=O)c1ccc(S(=O)(=O)Cc2ccccc2)cc1. The van der Waals surface area contributed by atoms with Gasteiger partial charge in [0.1, 0.15) is 0 Å². The Balaban J connectivity index is 1.95. The van der Waals surface area contributed by atoms with Crippen LogP contribution in [0.5, 0.6) is 0 Å². The van der Waals surface area contributed by atoms with Gasteiger partial charge in [-0.15, -0.1) is 0 Å². The van der Waals surface area contributed by atoms with Crippen LogP contribution in [-0.4, -0.2) is 34.0 Å². The van der Waals surface area contributed by atoms with Crippen molar-refractivity contribution in [2.24, 2.45) is 0 Å². The van der Waals surface area contributed by atoms with E-state index in [2.05, 4.69) is 17.6 Å². The van der Waals surface area contributed by atoms with Crippen LogP contribution in [0.1, 0.15) is 29.3 Å². The summed E-state index contributed by atoms with van der Waals surface area (Å²) in [5, 5.41) is 6.01. The molecule has 0 bridgehead atoms. The van der Waals surface area contributed by atoms with E-state index in [0.717, 1.165) is 18.5 Å². The van der Waals surface area contributed by atoms with Crippen molar-refractivity contribution in [3.63, 3.8) is 0 Å². The molecule has 2 N–H and O–H groups in total. The minimum atomic E-state index is -3.42. The number of sulfone groups is 1. The second-order valence-corrected chi connectivity index (χ2v) is 7.76. The van der Waals surface area contributed by atoms with Gasteiger partial charge in [0, 0.05) is 18.7 Å². The van der Waals surface area contributed by atoms with Crippen LogP contribution in [0.15, 0.2) is 59.5 Å². The average molecular weight is 360 g/mol. The van der Waals surface area contributed by atoms with Gasteiger partial charge in [-0.25, -0.2) is 8.42 Å². The Morgan fingerprint density at radius 2 is 1.60 bits per heavy atom. The van der Waals surface area contributed by atoms with Crippen LogP contribution in [0.2, 0.25) is 0 Å². The first kappa shape index (κ1) is 19.1. The predicted molar refractivity (Wildman–Crippen MR) is 99.3 cm³/mol. The first-order chi connectivity index (χ1) is 12.0. The van der Waals surface area contributed by atoms with Crippen LogP contribution in [-0.2, 0) is 15.6 Å². The summed E-state index contributed by atoms with van der Waals surface area (Å²) in [5.74, 6) is -0.257. The summed E-state index contributed by atoms with van der Waals surface area (Å²) >= 11 is 0. The molecule has 0 fully saturated rings. The lowest BCUT2D eigenvalue weighted by Crippen LogP contribution is -2.32. The fourth-order valence-electron chi connectivity index (χ4n) is 2.36. The van der Waals surface area contributed by atoms with Crippen LogP contribution in [0, 0.1) is 0 Å². The van der Waals surface area contributed by atoms with Crippen molar-refractivity contribution >= 4 is 15.7 Å². The van der Waals surface area contributed by atoms with E-state index in [1.54, 1.807) is 24.3 Å². The van der Waals surface area contributed by atoms with E-state index in [1.165, 1.54) is 12.1 Å².